The van der Waals surface area contributed by atoms with E-state index in [-0.39, 0.29) is 18.5 Å². The van der Waals surface area contributed by atoms with Gasteiger partial charge >= 0.3 is 6.03 Å². The second-order valence-electron chi connectivity index (χ2n) is 3.23. The molecular weight excluding hydrogens is 280 g/mol. The van der Waals surface area contributed by atoms with Crippen molar-refractivity contribution in [1.29, 1.82) is 0 Å². The first kappa shape index (κ1) is 10.6. The van der Waals surface area contributed by atoms with Crippen LogP contribution in [-0.4, -0.2) is 29.9 Å². The van der Waals surface area contributed by atoms with Crippen LogP contribution in [0.2, 0.25) is 0 Å². The van der Waals surface area contributed by atoms with Crippen molar-refractivity contribution in [2.45, 2.75) is 6.42 Å². The molecular formula is C9H9BrN2O2S. The third-order valence-corrected chi connectivity index (χ3v) is 3.81. The van der Waals surface area contributed by atoms with Gasteiger partial charge < -0.3 is 4.90 Å². The Morgan fingerprint density at radius 3 is 2.80 bits per heavy atom. The summed E-state index contributed by atoms with van der Waals surface area (Å²) < 4.78 is 1.08. The summed E-state index contributed by atoms with van der Waals surface area (Å²) in [4.78, 5) is 24.8. The number of carbonyl (C=O) groups is 2. The second kappa shape index (κ2) is 4.32. The van der Waals surface area contributed by atoms with Gasteiger partial charge in [-0.15, -0.1) is 11.3 Å². The standard InChI is InChI=1S/C9H9BrN2O2S/c10-7-2-1-6(15-7)3-4-12-5-8(13)11-9(12)14/h1-2H,3-5H2,(H,11,13,14). The normalized spacial score (nSPS) is 15.9. The Balaban J connectivity index is 1.88. The molecule has 3 amide bonds. The summed E-state index contributed by atoms with van der Waals surface area (Å²) in [5, 5.41) is 2.25. The number of carbonyl (C=O) groups excluding carboxylic acids is 2. The second-order valence-corrected chi connectivity index (χ2v) is 5.78. The molecule has 0 unspecified atom stereocenters. The number of urea groups is 1. The van der Waals surface area contributed by atoms with E-state index in [4.69, 9.17) is 0 Å². The van der Waals surface area contributed by atoms with Crippen molar-refractivity contribution in [3.63, 3.8) is 0 Å². The number of halogens is 1. The van der Waals surface area contributed by atoms with E-state index in [0.717, 1.165) is 10.2 Å². The number of amides is 3. The summed E-state index contributed by atoms with van der Waals surface area (Å²) in [6.45, 7) is 0.774. The molecule has 2 heterocycles. The quantitative estimate of drug-likeness (QED) is 0.859. The molecule has 6 heteroatoms. The Labute approximate surface area is 99.4 Å². The van der Waals surface area contributed by atoms with Gasteiger partial charge in [-0.1, -0.05) is 0 Å². The summed E-state index contributed by atoms with van der Waals surface area (Å²) in [5.74, 6) is -0.215. The minimum Gasteiger partial charge on any atom is -0.315 e. The van der Waals surface area contributed by atoms with Gasteiger partial charge in [-0.3, -0.25) is 10.1 Å². The third-order valence-electron chi connectivity index (χ3n) is 2.13. The number of thiophene rings is 1. The first-order valence-corrected chi connectivity index (χ1v) is 6.09. The van der Waals surface area contributed by atoms with Gasteiger partial charge in [-0.25, -0.2) is 4.79 Å². The van der Waals surface area contributed by atoms with Crippen LogP contribution in [0.3, 0.4) is 0 Å². The topological polar surface area (TPSA) is 49.4 Å². The third kappa shape index (κ3) is 2.57. The molecule has 1 aliphatic heterocycles. The number of nitrogens with one attached hydrogen (secondary N) is 1. The van der Waals surface area contributed by atoms with Crippen molar-refractivity contribution in [2.75, 3.05) is 13.1 Å². The van der Waals surface area contributed by atoms with Crippen LogP contribution in [0.1, 0.15) is 4.88 Å². The lowest BCUT2D eigenvalue weighted by molar-refractivity contribution is -0.118. The van der Waals surface area contributed by atoms with E-state index in [1.165, 1.54) is 9.78 Å². The number of hydrogen-bond acceptors (Lipinski definition) is 3. The molecule has 15 heavy (non-hydrogen) atoms. The molecule has 0 spiro atoms. The van der Waals surface area contributed by atoms with Gasteiger partial charge in [0.05, 0.1) is 3.79 Å². The fourth-order valence-electron chi connectivity index (χ4n) is 1.39. The number of hydrogen-bond donors (Lipinski definition) is 1. The van der Waals surface area contributed by atoms with E-state index in [1.807, 2.05) is 12.1 Å². The van der Waals surface area contributed by atoms with Gasteiger partial charge in [0.25, 0.3) is 0 Å². The van der Waals surface area contributed by atoms with Gasteiger partial charge in [-0.2, -0.15) is 0 Å². The Hall–Kier alpha value is -0.880. The minimum atomic E-state index is -0.282. The Morgan fingerprint density at radius 2 is 2.27 bits per heavy atom. The molecule has 1 N–H and O–H groups in total. The molecule has 1 aromatic rings. The molecule has 1 saturated heterocycles. The zero-order valence-electron chi connectivity index (χ0n) is 7.83. The summed E-state index contributed by atoms with van der Waals surface area (Å²) in [6, 6.07) is 3.72. The van der Waals surface area contributed by atoms with E-state index in [1.54, 1.807) is 11.3 Å². The van der Waals surface area contributed by atoms with Crippen molar-refractivity contribution in [2.24, 2.45) is 0 Å². The molecule has 2 rings (SSSR count). The van der Waals surface area contributed by atoms with Gasteiger partial charge in [-0.05, 0) is 34.5 Å². The zero-order valence-corrected chi connectivity index (χ0v) is 10.2. The fourth-order valence-corrected chi connectivity index (χ4v) is 2.87. The maximum atomic E-state index is 11.2. The van der Waals surface area contributed by atoms with Crippen molar-refractivity contribution < 1.29 is 9.59 Å². The molecule has 1 aliphatic rings. The predicted molar refractivity (Wildman–Crippen MR) is 60.8 cm³/mol. The van der Waals surface area contributed by atoms with Crippen LogP contribution in [0.5, 0.6) is 0 Å². The largest absolute Gasteiger partial charge is 0.324 e. The lowest BCUT2D eigenvalue weighted by Crippen LogP contribution is -2.29. The minimum absolute atomic E-state index is 0.186. The van der Waals surface area contributed by atoms with E-state index in [0.29, 0.717) is 6.54 Å². The molecule has 0 radical (unpaired) electrons. The van der Waals surface area contributed by atoms with Crippen LogP contribution >= 0.6 is 27.3 Å². The first-order chi connectivity index (χ1) is 7.15. The number of imide groups is 1. The smallest absolute Gasteiger partial charge is 0.315 e. The number of nitrogens with zero attached hydrogens (tertiary/aromatic N) is 1. The average Bonchev–Trinajstić information content (AvgIpc) is 2.70. The van der Waals surface area contributed by atoms with E-state index in [2.05, 4.69) is 21.2 Å². The van der Waals surface area contributed by atoms with Crippen molar-refractivity contribution in [1.82, 2.24) is 10.2 Å². The summed E-state index contributed by atoms with van der Waals surface area (Å²) in [5.41, 5.74) is 0. The average molecular weight is 289 g/mol. The lowest BCUT2D eigenvalue weighted by Gasteiger charge is -2.11. The highest BCUT2D eigenvalue weighted by atomic mass is 79.9. The molecule has 0 bridgehead atoms. The fraction of sp³-hybridized carbons (Fsp3) is 0.333. The molecule has 0 atom stereocenters. The first-order valence-electron chi connectivity index (χ1n) is 4.48. The van der Waals surface area contributed by atoms with Crippen molar-refractivity contribution in [3.8, 4) is 0 Å². The highest BCUT2D eigenvalue weighted by Gasteiger charge is 2.25. The molecule has 0 aliphatic carbocycles. The van der Waals surface area contributed by atoms with Gasteiger partial charge in [0.2, 0.25) is 5.91 Å². The van der Waals surface area contributed by atoms with Crippen LogP contribution in [0.4, 0.5) is 4.79 Å². The van der Waals surface area contributed by atoms with Crippen molar-refractivity contribution >= 4 is 39.2 Å². The molecule has 1 aromatic heterocycles. The van der Waals surface area contributed by atoms with Crippen LogP contribution in [0.15, 0.2) is 15.9 Å². The van der Waals surface area contributed by atoms with Crippen LogP contribution < -0.4 is 5.32 Å². The van der Waals surface area contributed by atoms with Crippen LogP contribution in [-0.2, 0) is 11.2 Å². The van der Waals surface area contributed by atoms with Crippen LogP contribution in [0, 0.1) is 0 Å². The monoisotopic (exact) mass is 288 g/mol. The summed E-state index contributed by atoms with van der Waals surface area (Å²) >= 11 is 5.03. The Bertz CT molecular complexity index is 405. The molecule has 0 aromatic carbocycles. The Kier molecular flexibility index (Phi) is 3.06. The number of rotatable bonds is 3. The van der Waals surface area contributed by atoms with E-state index >= 15 is 0 Å². The lowest BCUT2D eigenvalue weighted by atomic mass is 10.3. The van der Waals surface area contributed by atoms with Crippen molar-refractivity contribution in [3.05, 3.63) is 20.8 Å². The predicted octanol–water partition coefficient (Wildman–Crippen LogP) is 1.60. The SMILES string of the molecule is O=C1CN(CCc2ccc(Br)s2)C(=O)N1. The molecule has 4 nitrogen and oxygen atoms in total. The van der Waals surface area contributed by atoms with Crippen LogP contribution in [0.25, 0.3) is 0 Å². The van der Waals surface area contributed by atoms with Gasteiger partial charge in [0.15, 0.2) is 0 Å². The Morgan fingerprint density at radius 1 is 1.47 bits per heavy atom. The summed E-state index contributed by atoms with van der Waals surface area (Å²) in [6.07, 6.45) is 0.789. The molecule has 1 fully saturated rings. The molecule has 80 valence electrons. The van der Waals surface area contributed by atoms with Gasteiger partial charge in [0, 0.05) is 11.4 Å². The summed E-state index contributed by atoms with van der Waals surface area (Å²) in [7, 11) is 0. The van der Waals surface area contributed by atoms with E-state index in [9.17, 15) is 9.59 Å². The highest BCUT2D eigenvalue weighted by molar-refractivity contribution is 9.11. The zero-order chi connectivity index (χ0) is 10.8. The highest BCUT2D eigenvalue weighted by Crippen LogP contribution is 2.22. The van der Waals surface area contributed by atoms with E-state index < -0.39 is 0 Å². The molecule has 0 saturated carbocycles. The maximum Gasteiger partial charge on any atom is 0.324 e. The maximum absolute atomic E-state index is 11.2. The van der Waals surface area contributed by atoms with Gasteiger partial charge in [0.1, 0.15) is 6.54 Å².